The molecule has 2 aromatic carbocycles. The Morgan fingerprint density at radius 3 is 1.96 bits per heavy atom. The van der Waals surface area contributed by atoms with Gasteiger partial charge in [0.15, 0.2) is 0 Å². The molecule has 0 saturated carbocycles. The Labute approximate surface area is 153 Å². The van der Waals surface area contributed by atoms with Gasteiger partial charge in [-0.25, -0.2) is 13.1 Å². The zero-order chi connectivity index (χ0) is 19.2. The van der Waals surface area contributed by atoms with Crippen molar-refractivity contribution in [2.24, 2.45) is 0 Å². The molecule has 0 spiro atoms. The Bertz CT molecular complexity index is 851. The van der Waals surface area contributed by atoms with E-state index in [-0.39, 0.29) is 17.2 Å². The van der Waals surface area contributed by atoms with Gasteiger partial charge in [0.05, 0.1) is 28.4 Å². The van der Waals surface area contributed by atoms with Gasteiger partial charge < -0.3 is 18.9 Å². The van der Waals surface area contributed by atoms with Gasteiger partial charge in [0, 0.05) is 12.6 Å². The van der Waals surface area contributed by atoms with Crippen molar-refractivity contribution in [3.63, 3.8) is 0 Å². The molecule has 0 unspecified atom stereocenters. The van der Waals surface area contributed by atoms with Gasteiger partial charge in [-0.2, -0.15) is 0 Å². The van der Waals surface area contributed by atoms with E-state index in [1.54, 1.807) is 38.5 Å². The molecule has 0 aliphatic rings. The van der Waals surface area contributed by atoms with E-state index < -0.39 is 10.0 Å². The fourth-order valence-corrected chi connectivity index (χ4v) is 3.68. The van der Waals surface area contributed by atoms with Crippen molar-refractivity contribution in [3.8, 4) is 23.0 Å². The molecule has 0 aliphatic carbocycles. The number of rotatable bonds is 9. The Hall–Kier alpha value is -2.45. The molecule has 0 saturated heterocycles. The standard InChI is InChI=1S/C18H23NO6S/c1-22-14-5-7-16(24-3)13(11-14)9-10-19-26(20,21)18-12-15(23-2)6-8-17(18)25-4/h5-8,11-12,19H,9-10H2,1-4H3. The predicted molar refractivity (Wildman–Crippen MR) is 98.0 cm³/mol. The zero-order valence-electron chi connectivity index (χ0n) is 15.2. The second-order valence-electron chi connectivity index (χ2n) is 5.34. The van der Waals surface area contributed by atoms with Gasteiger partial charge in [0.2, 0.25) is 10.0 Å². The van der Waals surface area contributed by atoms with Gasteiger partial charge >= 0.3 is 0 Å². The summed E-state index contributed by atoms with van der Waals surface area (Å²) in [6, 6.07) is 10.0. The molecule has 7 nitrogen and oxygen atoms in total. The number of nitrogens with one attached hydrogen (secondary N) is 1. The highest BCUT2D eigenvalue weighted by molar-refractivity contribution is 7.89. The lowest BCUT2D eigenvalue weighted by atomic mass is 10.1. The number of methoxy groups -OCH3 is 4. The molecule has 0 fully saturated rings. The second kappa shape index (κ2) is 8.77. The second-order valence-corrected chi connectivity index (χ2v) is 7.08. The maximum atomic E-state index is 12.6. The average Bonchev–Trinajstić information content (AvgIpc) is 2.67. The average molecular weight is 381 g/mol. The van der Waals surface area contributed by atoms with Crippen molar-refractivity contribution in [1.29, 1.82) is 0 Å². The van der Waals surface area contributed by atoms with E-state index in [2.05, 4.69) is 4.72 Å². The van der Waals surface area contributed by atoms with E-state index in [0.29, 0.717) is 23.7 Å². The number of hydrogen-bond acceptors (Lipinski definition) is 6. The van der Waals surface area contributed by atoms with Crippen LogP contribution in [0.15, 0.2) is 41.3 Å². The monoisotopic (exact) mass is 381 g/mol. The highest BCUT2D eigenvalue weighted by atomic mass is 32.2. The molecule has 2 rings (SSSR count). The highest BCUT2D eigenvalue weighted by Crippen LogP contribution is 2.28. The number of hydrogen-bond donors (Lipinski definition) is 1. The fraction of sp³-hybridized carbons (Fsp3) is 0.333. The summed E-state index contributed by atoms with van der Waals surface area (Å²) in [4.78, 5) is 0.0250. The first-order chi connectivity index (χ1) is 12.4. The topological polar surface area (TPSA) is 83.1 Å². The summed E-state index contributed by atoms with van der Waals surface area (Å²) in [5.41, 5.74) is 0.840. The first-order valence-electron chi connectivity index (χ1n) is 7.87. The third-order valence-electron chi connectivity index (χ3n) is 3.83. The van der Waals surface area contributed by atoms with Gasteiger partial charge in [-0.15, -0.1) is 0 Å². The minimum absolute atomic E-state index is 0.0250. The highest BCUT2D eigenvalue weighted by Gasteiger charge is 2.20. The minimum atomic E-state index is -3.77. The molecular formula is C18H23NO6S. The van der Waals surface area contributed by atoms with Crippen molar-refractivity contribution in [1.82, 2.24) is 4.72 Å². The van der Waals surface area contributed by atoms with E-state index in [9.17, 15) is 8.42 Å². The fourth-order valence-electron chi connectivity index (χ4n) is 2.47. The van der Waals surface area contributed by atoms with Gasteiger partial charge in [0.25, 0.3) is 0 Å². The van der Waals surface area contributed by atoms with Crippen LogP contribution in [-0.2, 0) is 16.4 Å². The van der Waals surface area contributed by atoms with Crippen LogP contribution in [0.4, 0.5) is 0 Å². The van der Waals surface area contributed by atoms with Crippen LogP contribution in [0.5, 0.6) is 23.0 Å². The molecule has 26 heavy (non-hydrogen) atoms. The van der Waals surface area contributed by atoms with Crippen LogP contribution < -0.4 is 23.7 Å². The molecule has 142 valence electrons. The molecule has 0 radical (unpaired) electrons. The first-order valence-corrected chi connectivity index (χ1v) is 9.36. The summed E-state index contributed by atoms with van der Waals surface area (Å²) in [5.74, 6) is 2.03. The molecule has 0 aromatic heterocycles. The Morgan fingerprint density at radius 1 is 0.808 bits per heavy atom. The minimum Gasteiger partial charge on any atom is -0.497 e. The van der Waals surface area contributed by atoms with E-state index in [1.165, 1.54) is 20.3 Å². The summed E-state index contributed by atoms with van der Waals surface area (Å²) in [7, 11) is 2.26. The number of ether oxygens (including phenoxy) is 4. The Kier molecular flexibility index (Phi) is 6.70. The molecule has 8 heteroatoms. The summed E-state index contributed by atoms with van der Waals surface area (Å²) in [5, 5.41) is 0. The molecule has 2 aromatic rings. The van der Waals surface area contributed by atoms with Crippen molar-refractivity contribution in [3.05, 3.63) is 42.0 Å². The first kappa shape index (κ1) is 19.9. The van der Waals surface area contributed by atoms with Crippen LogP contribution in [-0.4, -0.2) is 43.4 Å². The summed E-state index contributed by atoms with van der Waals surface area (Å²) < 4.78 is 48.6. The predicted octanol–water partition coefficient (Wildman–Crippen LogP) is 2.24. The van der Waals surface area contributed by atoms with Crippen LogP contribution in [0.25, 0.3) is 0 Å². The Morgan fingerprint density at radius 2 is 1.38 bits per heavy atom. The van der Waals surface area contributed by atoms with Crippen LogP contribution in [0.2, 0.25) is 0 Å². The van der Waals surface area contributed by atoms with Crippen molar-refractivity contribution < 1.29 is 27.4 Å². The normalized spacial score (nSPS) is 11.1. The SMILES string of the molecule is COc1ccc(OC)c(CCNS(=O)(=O)c2cc(OC)ccc2OC)c1. The van der Waals surface area contributed by atoms with E-state index in [0.717, 1.165) is 5.56 Å². The molecule has 0 bridgehead atoms. The molecule has 0 heterocycles. The van der Waals surface area contributed by atoms with Crippen LogP contribution in [0, 0.1) is 0 Å². The molecule has 0 amide bonds. The molecule has 1 N–H and O–H groups in total. The Balaban J connectivity index is 2.17. The molecule has 0 atom stereocenters. The van der Waals surface area contributed by atoms with Gasteiger partial charge in [-0.05, 0) is 42.3 Å². The van der Waals surface area contributed by atoms with E-state index >= 15 is 0 Å². The van der Waals surface area contributed by atoms with Crippen molar-refractivity contribution in [2.45, 2.75) is 11.3 Å². The van der Waals surface area contributed by atoms with Gasteiger partial charge in [0.1, 0.15) is 27.9 Å². The van der Waals surface area contributed by atoms with E-state index in [1.807, 2.05) is 6.07 Å². The zero-order valence-corrected chi connectivity index (χ0v) is 16.1. The third kappa shape index (κ3) is 4.59. The number of benzene rings is 2. The largest absolute Gasteiger partial charge is 0.497 e. The lowest BCUT2D eigenvalue weighted by Gasteiger charge is -2.13. The lowest BCUT2D eigenvalue weighted by molar-refractivity contribution is 0.392. The van der Waals surface area contributed by atoms with Crippen LogP contribution >= 0.6 is 0 Å². The summed E-state index contributed by atoms with van der Waals surface area (Å²) in [6.07, 6.45) is 0.436. The third-order valence-corrected chi connectivity index (χ3v) is 5.32. The van der Waals surface area contributed by atoms with Gasteiger partial charge in [-0.3, -0.25) is 0 Å². The maximum Gasteiger partial charge on any atom is 0.244 e. The van der Waals surface area contributed by atoms with Crippen molar-refractivity contribution in [2.75, 3.05) is 35.0 Å². The van der Waals surface area contributed by atoms with Crippen LogP contribution in [0.1, 0.15) is 5.56 Å². The maximum absolute atomic E-state index is 12.6. The van der Waals surface area contributed by atoms with Crippen molar-refractivity contribution >= 4 is 10.0 Å². The molecular weight excluding hydrogens is 358 g/mol. The smallest absolute Gasteiger partial charge is 0.244 e. The quantitative estimate of drug-likeness (QED) is 0.717. The van der Waals surface area contributed by atoms with Crippen LogP contribution in [0.3, 0.4) is 0 Å². The summed E-state index contributed by atoms with van der Waals surface area (Å²) >= 11 is 0. The molecule has 0 aliphatic heterocycles. The lowest BCUT2D eigenvalue weighted by Crippen LogP contribution is -2.26. The van der Waals surface area contributed by atoms with Gasteiger partial charge in [-0.1, -0.05) is 0 Å². The number of sulfonamides is 1. The van der Waals surface area contributed by atoms with E-state index in [4.69, 9.17) is 18.9 Å². The summed E-state index contributed by atoms with van der Waals surface area (Å²) in [6.45, 7) is 0.187.